The molecule has 0 fully saturated rings. The smallest absolute Gasteiger partial charge is 0.307 e. The molecule has 1 amide bonds. The molecule has 7 heteroatoms. The van der Waals surface area contributed by atoms with Crippen LogP contribution in [0.2, 0.25) is 5.02 Å². The third-order valence-electron chi connectivity index (χ3n) is 3.83. The molecular formula is C19H17ClN2O3S. The highest BCUT2D eigenvalue weighted by molar-refractivity contribution is 7.16. The molecule has 0 aliphatic carbocycles. The van der Waals surface area contributed by atoms with E-state index in [0.29, 0.717) is 16.4 Å². The molecule has 0 spiro atoms. The fraction of sp³-hybridized carbons (Fsp3) is 0.211. The summed E-state index contributed by atoms with van der Waals surface area (Å²) in [7, 11) is 1.35. The number of thiazole rings is 1. The van der Waals surface area contributed by atoms with Crippen molar-refractivity contribution in [1.29, 1.82) is 0 Å². The number of hydrogen-bond acceptors (Lipinski definition) is 4. The zero-order chi connectivity index (χ0) is 18.5. The van der Waals surface area contributed by atoms with Crippen molar-refractivity contribution in [3.05, 3.63) is 63.9 Å². The Balaban J connectivity index is 1.97. The molecule has 3 aromatic rings. The third kappa shape index (κ3) is 4.39. The number of hydrogen-bond donors (Lipinski definition) is 0. The first-order valence-corrected chi connectivity index (χ1v) is 9.23. The van der Waals surface area contributed by atoms with Crippen molar-refractivity contribution < 1.29 is 14.3 Å². The molecule has 2 aromatic carbocycles. The van der Waals surface area contributed by atoms with Crippen LogP contribution >= 0.6 is 22.9 Å². The van der Waals surface area contributed by atoms with Gasteiger partial charge in [-0.2, -0.15) is 4.99 Å². The Morgan fingerprint density at radius 3 is 2.69 bits per heavy atom. The topological polar surface area (TPSA) is 60.7 Å². The van der Waals surface area contributed by atoms with Gasteiger partial charge in [-0.15, -0.1) is 0 Å². The number of halogens is 1. The van der Waals surface area contributed by atoms with Gasteiger partial charge >= 0.3 is 5.97 Å². The fourth-order valence-corrected chi connectivity index (χ4v) is 3.92. The largest absolute Gasteiger partial charge is 0.469 e. The van der Waals surface area contributed by atoms with Gasteiger partial charge in [-0.25, -0.2) is 0 Å². The molecule has 0 saturated heterocycles. The first-order valence-electron chi connectivity index (χ1n) is 8.04. The Hall–Kier alpha value is -2.44. The number of aryl methyl sites for hydroxylation is 1. The summed E-state index contributed by atoms with van der Waals surface area (Å²) in [5, 5.41) is 0.612. The van der Waals surface area contributed by atoms with Gasteiger partial charge in [-0.1, -0.05) is 53.3 Å². The van der Waals surface area contributed by atoms with Gasteiger partial charge in [0.15, 0.2) is 4.80 Å². The maximum atomic E-state index is 12.4. The van der Waals surface area contributed by atoms with E-state index in [-0.39, 0.29) is 24.7 Å². The van der Waals surface area contributed by atoms with Crippen LogP contribution in [0.1, 0.15) is 12.0 Å². The second-order valence-electron chi connectivity index (χ2n) is 5.64. The number of ether oxygens (including phenoxy) is 1. The molecule has 26 heavy (non-hydrogen) atoms. The lowest BCUT2D eigenvalue weighted by Gasteiger charge is -2.04. The number of benzene rings is 2. The standard InChI is InChI=1S/C19H17ClN2O3S/c1-25-18(24)9-10-22-15-8-7-14(20)12-16(15)26-19(22)21-17(23)11-13-5-3-2-4-6-13/h2-8,12H,9-11H2,1H3. The first-order chi connectivity index (χ1) is 12.6. The van der Waals surface area contributed by atoms with Crippen molar-refractivity contribution in [2.45, 2.75) is 19.4 Å². The number of carbonyl (C=O) groups is 2. The summed E-state index contributed by atoms with van der Waals surface area (Å²) in [5.41, 5.74) is 1.79. The van der Waals surface area contributed by atoms with E-state index in [4.69, 9.17) is 16.3 Å². The zero-order valence-electron chi connectivity index (χ0n) is 14.1. The molecule has 0 unspecified atom stereocenters. The molecule has 0 bridgehead atoms. The van der Waals surface area contributed by atoms with E-state index >= 15 is 0 Å². The van der Waals surface area contributed by atoms with E-state index in [1.165, 1.54) is 18.4 Å². The van der Waals surface area contributed by atoms with Crippen LogP contribution in [-0.4, -0.2) is 23.6 Å². The van der Waals surface area contributed by atoms with E-state index in [2.05, 4.69) is 4.99 Å². The number of methoxy groups -OCH3 is 1. The highest BCUT2D eigenvalue weighted by Gasteiger charge is 2.11. The molecule has 0 aliphatic rings. The van der Waals surface area contributed by atoms with E-state index in [0.717, 1.165) is 15.8 Å². The molecule has 134 valence electrons. The number of nitrogens with zero attached hydrogens (tertiary/aromatic N) is 2. The van der Waals surface area contributed by atoms with Crippen molar-refractivity contribution in [2.75, 3.05) is 7.11 Å². The van der Waals surface area contributed by atoms with Crippen LogP contribution in [0, 0.1) is 0 Å². The normalized spacial score (nSPS) is 11.7. The van der Waals surface area contributed by atoms with Crippen LogP contribution in [0.4, 0.5) is 0 Å². The van der Waals surface area contributed by atoms with Crippen molar-refractivity contribution >= 4 is 45.0 Å². The molecule has 1 aromatic heterocycles. The van der Waals surface area contributed by atoms with E-state index in [9.17, 15) is 9.59 Å². The molecule has 0 atom stereocenters. The van der Waals surface area contributed by atoms with E-state index in [1.807, 2.05) is 47.0 Å². The van der Waals surface area contributed by atoms with Gasteiger partial charge in [0, 0.05) is 11.6 Å². The monoisotopic (exact) mass is 388 g/mol. The maximum absolute atomic E-state index is 12.4. The van der Waals surface area contributed by atoms with Crippen LogP contribution < -0.4 is 4.80 Å². The average Bonchev–Trinajstić information content (AvgIpc) is 2.96. The Morgan fingerprint density at radius 1 is 1.19 bits per heavy atom. The Kier molecular flexibility index (Phi) is 5.85. The van der Waals surface area contributed by atoms with Gasteiger partial charge in [0.25, 0.3) is 5.91 Å². The molecule has 0 radical (unpaired) electrons. The molecule has 1 heterocycles. The second kappa shape index (κ2) is 8.29. The lowest BCUT2D eigenvalue weighted by atomic mass is 10.1. The second-order valence-corrected chi connectivity index (χ2v) is 7.09. The van der Waals surface area contributed by atoms with Crippen molar-refractivity contribution in [3.8, 4) is 0 Å². The number of fused-ring (bicyclic) bond motifs is 1. The van der Waals surface area contributed by atoms with E-state index < -0.39 is 0 Å². The molecule has 0 N–H and O–H groups in total. The molecule has 5 nitrogen and oxygen atoms in total. The van der Waals surface area contributed by atoms with Crippen LogP contribution in [0.25, 0.3) is 10.2 Å². The van der Waals surface area contributed by atoms with Crippen molar-refractivity contribution in [2.24, 2.45) is 4.99 Å². The summed E-state index contributed by atoms with van der Waals surface area (Å²) in [6, 6.07) is 14.9. The highest BCUT2D eigenvalue weighted by atomic mass is 35.5. The van der Waals surface area contributed by atoms with Gasteiger partial charge in [-0.3, -0.25) is 9.59 Å². The first kappa shape index (κ1) is 18.4. The molecule has 3 rings (SSSR count). The van der Waals surface area contributed by atoms with Gasteiger partial charge in [0.05, 0.1) is 30.2 Å². The highest BCUT2D eigenvalue weighted by Crippen LogP contribution is 2.22. The van der Waals surface area contributed by atoms with Gasteiger partial charge in [0.2, 0.25) is 0 Å². The SMILES string of the molecule is COC(=O)CCn1c(=NC(=O)Cc2ccccc2)sc2cc(Cl)ccc21. The van der Waals surface area contributed by atoms with Crippen LogP contribution in [0.5, 0.6) is 0 Å². The fourth-order valence-electron chi connectivity index (χ4n) is 2.57. The molecule has 0 saturated carbocycles. The minimum atomic E-state index is -0.313. The minimum absolute atomic E-state index is 0.199. The molecule has 0 aliphatic heterocycles. The Bertz CT molecular complexity index is 1010. The predicted octanol–water partition coefficient (Wildman–Crippen LogP) is 3.59. The third-order valence-corrected chi connectivity index (χ3v) is 5.11. The average molecular weight is 389 g/mol. The summed E-state index contributed by atoms with van der Waals surface area (Å²) in [6.45, 7) is 0.381. The van der Waals surface area contributed by atoms with Crippen LogP contribution in [0.15, 0.2) is 53.5 Å². The van der Waals surface area contributed by atoms with Gasteiger partial charge in [-0.05, 0) is 23.8 Å². The summed E-state index contributed by atoms with van der Waals surface area (Å²) < 4.78 is 7.48. The lowest BCUT2D eigenvalue weighted by Crippen LogP contribution is -2.19. The zero-order valence-corrected chi connectivity index (χ0v) is 15.7. The van der Waals surface area contributed by atoms with Crippen LogP contribution in [-0.2, 0) is 27.3 Å². The summed E-state index contributed by atoms with van der Waals surface area (Å²) in [4.78, 5) is 28.7. The summed E-state index contributed by atoms with van der Waals surface area (Å²) in [6.07, 6.45) is 0.428. The minimum Gasteiger partial charge on any atom is -0.469 e. The number of carbonyl (C=O) groups excluding carboxylic acids is 2. The van der Waals surface area contributed by atoms with Gasteiger partial charge in [0.1, 0.15) is 0 Å². The summed E-state index contributed by atoms with van der Waals surface area (Å²) >= 11 is 7.44. The summed E-state index contributed by atoms with van der Waals surface area (Å²) in [5.74, 6) is -0.548. The number of aromatic nitrogens is 1. The number of esters is 1. The Morgan fingerprint density at radius 2 is 1.96 bits per heavy atom. The maximum Gasteiger partial charge on any atom is 0.307 e. The number of rotatable bonds is 5. The van der Waals surface area contributed by atoms with Crippen LogP contribution in [0.3, 0.4) is 0 Å². The predicted molar refractivity (Wildman–Crippen MR) is 102 cm³/mol. The van der Waals surface area contributed by atoms with Gasteiger partial charge < -0.3 is 9.30 Å². The van der Waals surface area contributed by atoms with Crippen molar-refractivity contribution in [3.63, 3.8) is 0 Å². The lowest BCUT2D eigenvalue weighted by molar-refractivity contribution is -0.140. The molecular weight excluding hydrogens is 372 g/mol. The number of amides is 1. The Labute approximate surface area is 159 Å². The van der Waals surface area contributed by atoms with E-state index in [1.54, 1.807) is 6.07 Å². The van der Waals surface area contributed by atoms with Crippen molar-refractivity contribution in [1.82, 2.24) is 4.57 Å². The quantitative estimate of drug-likeness (QED) is 0.627.